The van der Waals surface area contributed by atoms with Crippen LogP contribution >= 0.6 is 0 Å². The SMILES string of the molecule is C=CC1COCCN1c1ccccc1. The van der Waals surface area contributed by atoms with Crippen LogP contribution in [0.4, 0.5) is 5.69 Å². The second-order valence-corrected chi connectivity index (χ2v) is 3.41. The first-order valence-electron chi connectivity index (χ1n) is 4.94. The molecule has 1 aliphatic heterocycles. The highest BCUT2D eigenvalue weighted by Crippen LogP contribution is 2.19. The summed E-state index contributed by atoms with van der Waals surface area (Å²) < 4.78 is 5.41. The third kappa shape index (κ3) is 1.80. The molecular weight excluding hydrogens is 174 g/mol. The quantitative estimate of drug-likeness (QED) is 0.660. The number of nitrogens with zero attached hydrogens (tertiary/aromatic N) is 1. The first-order chi connectivity index (χ1) is 6.92. The maximum Gasteiger partial charge on any atom is 0.0707 e. The Bertz CT molecular complexity index is 296. The summed E-state index contributed by atoms with van der Waals surface area (Å²) in [6.45, 7) is 6.34. The molecule has 1 atom stereocenters. The number of para-hydroxylation sites is 1. The first-order valence-corrected chi connectivity index (χ1v) is 4.94. The van der Waals surface area contributed by atoms with E-state index in [0.717, 1.165) is 19.8 Å². The number of anilines is 1. The van der Waals surface area contributed by atoms with Gasteiger partial charge in [0.2, 0.25) is 0 Å². The van der Waals surface area contributed by atoms with Crippen molar-refractivity contribution >= 4 is 5.69 Å². The van der Waals surface area contributed by atoms with Gasteiger partial charge in [0, 0.05) is 12.2 Å². The number of benzene rings is 1. The molecule has 0 spiro atoms. The highest BCUT2D eigenvalue weighted by Gasteiger charge is 2.19. The Morgan fingerprint density at radius 3 is 2.86 bits per heavy atom. The minimum atomic E-state index is 0.311. The van der Waals surface area contributed by atoms with Crippen molar-refractivity contribution in [1.29, 1.82) is 0 Å². The fraction of sp³-hybridized carbons (Fsp3) is 0.333. The predicted octanol–water partition coefficient (Wildman–Crippen LogP) is 2.08. The van der Waals surface area contributed by atoms with Gasteiger partial charge in [0.1, 0.15) is 0 Å². The van der Waals surface area contributed by atoms with Gasteiger partial charge >= 0.3 is 0 Å². The van der Waals surface area contributed by atoms with E-state index in [1.807, 2.05) is 12.1 Å². The Kier molecular flexibility index (Phi) is 2.84. The van der Waals surface area contributed by atoms with E-state index in [1.54, 1.807) is 0 Å². The Morgan fingerprint density at radius 1 is 1.36 bits per heavy atom. The molecule has 1 unspecified atom stereocenters. The molecule has 0 aliphatic carbocycles. The predicted molar refractivity (Wildman–Crippen MR) is 58.6 cm³/mol. The highest BCUT2D eigenvalue weighted by molar-refractivity contribution is 5.48. The van der Waals surface area contributed by atoms with E-state index < -0.39 is 0 Å². The first kappa shape index (κ1) is 9.28. The van der Waals surface area contributed by atoms with Crippen molar-refractivity contribution in [2.24, 2.45) is 0 Å². The largest absolute Gasteiger partial charge is 0.377 e. The summed E-state index contributed by atoms with van der Waals surface area (Å²) in [5.41, 5.74) is 1.25. The number of ether oxygens (including phenoxy) is 1. The molecule has 1 aromatic rings. The molecule has 2 heteroatoms. The zero-order chi connectivity index (χ0) is 9.80. The lowest BCUT2D eigenvalue weighted by Crippen LogP contribution is -2.44. The molecule has 1 aliphatic rings. The van der Waals surface area contributed by atoms with Gasteiger partial charge in [-0.2, -0.15) is 0 Å². The molecule has 0 N–H and O–H groups in total. The van der Waals surface area contributed by atoms with E-state index in [4.69, 9.17) is 4.74 Å². The van der Waals surface area contributed by atoms with E-state index in [1.165, 1.54) is 5.69 Å². The smallest absolute Gasteiger partial charge is 0.0707 e. The third-order valence-electron chi connectivity index (χ3n) is 2.53. The fourth-order valence-electron chi connectivity index (χ4n) is 1.76. The molecule has 2 nitrogen and oxygen atoms in total. The van der Waals surface area contributed by atoms with Gasteiger partial charge in [-0.05, 0) is 12.1 Å². The van der Waals surface area contributed by atoms with Gasteiger partial charge in [-0.3, -0.25) is 0 Å². The number of rotatable bonds is 2. The lowest BCUT2D eigenvalue weighted by atomic mass is 10.2. The summed E-state index contributed by atoms with van der Waals surface area (Å²) >= 11 is 0. The van der Waals surface area contributed by atoms with E-state index in [2.05, 4.69) is 35.7 Å². The van der Waals surface area contributed by atoms with Crippen molar-refractivity contribution in [3.05, 3.63) is 43.0 Å². The maximum atomic E-state index is 5.41. The summed E-state index contributed by atoms with van der Waals surface area (Å²) in [4.78, 5) is 2.33. The Balaban J connectivity index is 2.19. The van der Waals surface area contributed by atoms with Gasteiger partial charge in [-0.1, -0.05) is 24.3 Å². The Hall–Kier alpha value is -1.28. The van der Waals surface area contributed by atoms with Gasteiger partial charge in [-0.25, -0.2) is 0 Å². The Labute approximate surface area is 84.8 Å². The molecule has 0 bridgehead atoms. The maximum absolute atomic E-state index is 5.41. The summed E-state index contributed by atoms with van der Waals surface area (Å²) in [7, 11) is 0. The van der Waals surface area contributed by atoms with Crippen LogP contribution in [0.25, 0.3) is 0 Å². The van der Waals surface area contributed by atoms with E-state index in [-0.39, 0.29) is 0 Å². The molecule has 0 saturated carbocycles. The van der Waals surface area contributed by atoms with Crippen molar-refractivity contribution in [2.45, 2.75) is 6.04 Å². The lowest BCUT2D eigenvalue weighted by molar-refractivity contribution is 0.106. The summed E-state index contributed by atoms with van der Waals surface area (Å²) in [6, 6.07) is 10.7. The zero-order valence-corrected chi connectivity index (χ0v) is 8.23. The minimum Gasteiger partial charge on any atom is -0.377 e. The summed E-state index contributed by atoms with van der Waals surface area (Å²) in [5.74, 6) is 0. The monoisotopic (exact) mass is 189 g/mol. The van der Waals surface area contributed by atoms with Crippen molar-refractivity contribution in [3.8, 4) is 0 Å². The standard InChI is InChI=1S/C12H15NO/c1-2-11-10-14-9-8-13(11)12-6-4-3-5-7-12/h2-7,11H,1,8-10H2. The van der Waals surface area contributed by atoms with Crippen LogP contribution in [0.3, 0.4) is 0 Å². The van der Waals surface area contributed by atoms with Crippen molar-refractivity contribution in [2.75, 3.05) is 24.7 Å². The molecule has 2 rings (SSSR count). The average molecular weight is 189 g/mol. The molecule has 1 heterocycles. The average Bonchev–Trinajstić information content (AvgIpc) is 2.30. The molecule has 14 heavy (non-hydrogen) atoms. The van der Waals surface area contributed by atoms with Gasteiger partial charge < -0.3 is 9.64 Å². The fourth-order valence-corrected chi connectivity index (χ4v) is 1.76. The van der Waals surface area contributed by atoms with Crippen LogP contribution < -0.4 is 4.90 Å². The van der Waals surface area contributed by atoms with Gasteiger partial charge in [0.25, 0.3) is 0 Å². The summed E-state index contributed by atoms with van der Waals surface area (Å²) in [5, 5.41) is 0. The van der Waals surface area contributed by atoms with Crippen molar-refractivity contribution in [3.63, 3.8) is 0 Å². The molecule has 0 amide bonds. The van der Waals surface area contributed by atoms with Crippen LogP contribution in [0, 0.1) is 0 Å². The van der Waals surface area contributed by atoms with Crippen LogP contribution in [0.1, 0.15) is 0 Å². The Morgan fingerprint density at radius 2 is 2.14 bits per heavy atom. The van der Waals surface area contributed by atoms with E-state index in [9.17, 15) is 0 Å². The molecule has 1 saturated heterocycles. The van der Waals surface area contributed by atoms with Crippen LogP contribution in [-0.4, -0.2) is 25.8 Å². The molecule has 74 valence electrons. The van der Waals surface area contributed by atoms with Gasteiger partial charge in [0.05, 0.1) is 19.3 Å². The number of morpholine rings is 1. The van der Waals surface area contributed by atoms with Crippen molar-refractivity contribution < 1.29 is 4.74 Å². The van der Waals surface area contributed by atoms with E-state index >= 15 is 0 Å². The molecule has 0 aromatic heterocycles. The van der Waals surface area contributed by atoms with Crippen LogP contribution in [0.5, 0.6) is 0 Å². The number of hydrogen-bond acceptors (Lipinski definition) is 2. The highest BCUT2D eigenvalue weighted by atomic mass is 16.5. The van der Waals surface area contributed by atoms with E-state index in [0.29, 0.717) is 6.04 Å². The molecule has 0 radical (unpaired) electrons. The minimum absolute atomic E-state index is 0.311. The zero-order valence-electron chi connectivity index (χ0n) is 8.23. The molecular formula is C12H15NO. The van der Waals surface area contributed by atoms with Gasteiger partial charge in [0.15, 0.2) is 0 Å². The summed E-state index contributed by atoms with van der Waals surface area (Å²) in [6.07, 6.45) is 1.95. The second kappa shape index (κ2) is 4.29. The molecule has 1 aromatic carbocycles. The molecule has 1 fully saturated rings. The van der Waals surface area contributed by atoms with Crippen LogP contribution in [0.15, 0.2) is 43.0 Å². The topological polar surface area (TPSA) is 12.5 Å². The van der Waals surface area contributed by atoms with Crippen LogP contribution in [-0.2, 0) is 4.74 Å². The van der Waals surface area contributed by atoms with Gasteiger partial charge in [-0.15, -0.1) is 6.58 Å². The van der Waals surface area contributed by atoms with Crippen molar-refractivity contribution in [1.82, 2.24) is 0 Å². The number of hydrogen-bond donors (Lipinski definition) is 0. The normalized spacial score (nSPS) is 22.0. The second-order valence-electron chi connectivity index (χ2n) is 3.41. The third-order valence-corrected chi connectivity index (χ3v) is 2.53. The lowest BCUT2D eigenvalue weighted by Gasteiger charge is -2.35. The van der Waals surface area contributed by atoms with Crippen LogP contribution in [0.2, 0.25) is 0 Å².